The third-order valence-corrected chi connectivity index (χ3v) is 2.45. The fourth-order valence-corrected chi connectivity index (χ4v) is 1.80. The van der Waals surface area contributed by atoms with E-state index in [-0.39, 0.29) is 5.41 Å². The van der Waals surface area contributed by atoms with Gasteiger partial charge < -0.3 is 5.73 Å². The molecule has 0 spiro atoms. The second-order valence-corrected chi connectivity index (χ2v) is 5.12. The molecule has 0 saturated carbocycles. The van der Waals surface area contributed by atoms with E-state index in [0.29, 0.717) is 5.92 Å². The van der Waals surface area contributed by atoms with E-state index in [2.05, 4.69) is 46.8 Å². The number of hydrogen-bond acceptors (Lipinski definition) is 1. The average molecular weight is 190 g/mol. The van der Waals surface area contributed by atoms with Gasteiger partial charge >= 0.3 is 0 Å². The summed E-state index contributed by atoms with van der Waals surface area (Å²) in [6.45, 7) is 11.0. The molecular formula is C13H20N. The van der Waals surface area contributed by atoms with E-state index in [4.69, 9.17) is 5.73 Å². The van der Waals surface area contributed by atoms with Gasteiger partial charge in [-0.25, -0.2) is 0 Å². The molecule has 0 atom stereocenters. The molecule has 1 heteroatoms. The number of nitrogens with two attached hydrogens (primary N) is 1. The van der Waals surface area contributed by atoms with Crippen LogP contribution in [-0.4, -0.2) is 0 Å². The van der Waals surface area contributed by atoms with Gasteiger partial charge in [-0.2, -0.15) is 0 Å². The van der Waals surface area contributed by atoms with E-state index in [1.807, 2.05) is 6.07 Å². The molecule has 1 radical (unpaired) electrons. The van der Waals surface area contributed by atoms with Crippen molar-refractivity contribution in [2.45, 2.75) is 46.0 Å². The standard InChI is InChI=1S/C13H20N/c1-9(2)12-10(13(3,4)5)7-6-8-11(12)14/h6-7,9H,14H2,1-5H3. The molecule has 14 heavy (non-hydrogen) atoms. The zero-order valence-electron chi connectivity index (χ0n) is 9.81. The molecule has 1 nitrogen and oxygen atoms in total. The molecule has 0 aliphatic heterocycles. The maximum absolute atomic E-state index is 5.96. The molecule has 0 amide bonds. The second-order valence-electron chi connectivity index (χ2n) is 5.12. The lowest BCUT2D eigenvalue weighted by atomic mass is 9.80. The van der Waals surface area contributed by atoms with Crippen molar-refractivity contribution in [3.63, 3.8) is 0 Å². The van der Waals surface area contributed by atoms with Gasteiger partial charge in [0.05, 0.1) is 0 Å². The van der Waals surface area contributed by atoms with Crippen molar-refractivity contribution >= 4 is 5.69 Å². The summed E-state index contributed by atoms with van der Waals surface area (Å²) < 4.78 is 0. The van der Waals surface area contributed by atoms with Crippen LogP contribution in [0.5, 0.6) is 0 Å². The van der Waals surface area contributed by atoms with Gasteiger partial charge in [-0.15, -0.1) is 0 Å². The topological polar surface area (TPSA) is 26.0 Å². The summed E-state index contributed by atoms with van der Waals surface area (Å²) in [7, 11) is 0. The van der Waals surface area contributed by atoms with Crippen LogP contribution in [-0.2, 0) is 5.41 Å². The quantitative estimate of drug-likeness (QED) is 0.674. The van der Waals surface area contributed by atoms with E-state index in [9.17, 15) is 0 Å². The van der Waals surface area contributed by atoms with Gasteiger partial charge in [0.1, 0.15) is 0 Å². The maximum Gasteiger partial charge on any atom is 0.0432 e. The zero-order valence-corrected chi connectivity index (χ0v) is 9.81. The van der Waals surface area contributed by atoms with Crippen LogP contribution in [0, 0.1) is 6.07 Å². The van der Waals surface area contributed by atoms with E-state index in [1.54, 1.807) is 0 Å². The summed E-state index contributed by atoms with van der Waals surface area (Å²) >= 11 is 0. The lowest BCUT2D eigenvalue weighted by Crippen LogP contribution is -2.16. The Morgan fingerprint density at radius 1 is 1.29 bits per heavy atom. The Hall–Kier alpha value is -0.980. The van der Waals surface area contributed by atoms with Gasteiger partial charge in [-0.3, -0.25) is 0 Å². The highest BCUT2D eigenvalue weighted by molar-refractivity contribution is 5.53. The number of nitrogen functional groups attached to an aromatic ring is 1. The fourth-order valence-electron chi connectivity index (χ4n) is 1.80. The van der Waals surface area contributed by atoms with Crippen molar-refractivity contribution in [3.05, 3.63) is 29.3 Å². The van der Waals surface area contributed by atoms with Gasteiger partial charge in [0, 0.05) is 11.8 Å². The van der Waals surface area contributed by atoms with Crippen LogP contribution in [0.1, 0.15) is 51.7 Å². The number of anilines is 1. The molecule has 0 saturated heterocycles. The lowest BCUT2D eigenvalue weighted by Gasteiger charge is -2.25. The number of benzene rings is 1. The van der Waals surface area contributed by atoms with E-state index < -0.39 is 0 Å². The van der Waals surface area contributed by atoms with E-state index in [0.717, 1.165) is 5.69 Å². The predicted molar refractivity (Wildman–Crippen MR) is 62.5 cm³/mol. The molecular weight excluding hydrogens is 170 g/mol. The van der Waals surface area contributed by atoms with Crippen LogP contribution in [0.2, 0.25) is 0 Å². The van der Waals surface area contributed by atoms with Crippen LogP contribution in [0.25, 0.3) is 0 Å². The zero-order chi connectivity index (χ0) is 10.9. The molecule has 0 bridgehead atoms. The molecule has 0 unspecified atom stereocenters. The van der Waals surface area contributed by atoms with Crippen LogP contribution in [0.15, 0.2) is 12.1 Å². The van der Waals surface area contributed by atoms with Crippen molar-refractivity contribution in [1.82, 2.24) is 0 Å². The highest BCUT2D eigenvalue weighted by Gasteiger charge is 2.20. The molecule has 1 aromatic rings. The molecule has 1 aromatic carbocycles. The molecule has 0 fully saturated rings. The first kappa shape index (κ1) is 11.1. The summed E-state index contributed by atoms with van der Waals surface area (Å²) in [6.07, 6.45) is 0. The van der Waals surface area contributed by atoms with Gasteiger partial charge in [0.15, 0.2) is 0 Å². The highest BCUT2D eigenvalue weighted by atomic mass is 14.6. The summed E-state index contributed by atoms with van der Waals surface area (Å²) in [5.74, 6) is 0.460. The van der Waals surface area contributed by atoms with Crippen molar-refractivity contribution in [2.24, 2.45) is 0 Å². The molecule has 2 N–H and O–H groups in total. The largest absolute Gasteiger partial charge is 0.398 e. The Kier molecular flexibility index (Phi) is 2.89. The van der Waals surface area contributed by atoms with Crippen molar-refractivity contribution in [1.29, 1.82) is 0 Å². The third kappa shape index (κ3) is 2.09. The lowest BCUT2D eigenvalue weighted by molar-refractivity contribution is 0.577. The SMILES string of the molecule is CC(C)c1c(N)[c]ccc1C(C)(C)C. The minimum Gasteiger partial charge on any atom is -0.398 e. The Balaban J connectivity index is 3.36. The van der Waals surface area contributed by atoms with E-state index >= 15 is 0 Å². The second kappa shape index (κ2) is 3.64. The summed E-state index contributed by atoms with van der Waals surface area (Å²) in [4.78, 5) is 0. The predicted octanol–water partition coefficient (Wildman–Crippen LogP) is 3.49. The van der Waals surface area contributed by atoms with Crippen molar-refractivity contribution in [3.8, 4) is 0 Å². The Morgan fingerprint density at radius 2 is 1.86 bits per heavy atom. The average Bonchev–Trinajstić information content (AvgIpc) is 2.01. The van der Waals surface area contributed by atoms with Crippen LogP contribution in [0.4, 0.5) is 5.69 Å². The van der Waals surface area contributed by atoms with Crippen LogP contribution >= 0.6 is 0 Å². The summed E-state index contributed by atoms with van der Waals surface area (Å²) in [5.41, 5.74) is 9.50. The Bertz CT molecular complexity index is 318. The summed E-state index contributed by atoms with van der Waals surface area (Å²) in [5, 5.41) is 0. The van der Waals surface area contributed by atoms with Gasteiger partial charge in [0.2, 0.25) is 0 Å². The van der Waals surface area contributed by atoms with Gasteiger partial charge in [0.25, 0.3) is 0 Å². The first-order valence-corrected chi connectivity index (χ1v) is 5.14. The fraction of sp³-hybridized carbons (Fsp3) is 0.538. The minimum atomic E-state index is 0.156. The molecule has 77 valence electrons. The first-order chi connectivity index (χ1) is 6.34. The minimum absolute atomic E-state index is 0.156. The number of rotatable bonds is 1. The molecule has 0 heterocycles. The van der Waals surface area contributed by atoms with E-state index in [1.165, 1.54) is 11.1 Å². The monoisotopic (exact) mass is 190 g/mol. The molecule has 1 rings (SSSR count). The molecule has 0 aliphatic carbocycles. The molecule has 0 aromatic heterocycles. The maximum atomic E-state index is 5.96. The van der Waals surface area contributed by atoms with Gasteiger partial charge in [-0.1, -0.05) is 46.8 Å². The summed E-state index contributed by atoms with van der Waals surface area (Å²) in [6, 6.07) is 7.12. The van der Waals surface area contributed by atoms with Gasteiger partial charge in [-0.05, 0) is 22.5 Å². The molecule has 0 aliphatic rings. The van der Waals surface area contributed by atoms with Crippen LogP contribution in [0.3, 0.4) is 0 Å². The highest BCUT2D eigenvalue weighted by Crippen LogP contribution is 2.33. The Morgan fingerprint density at radius 3 is 2.21 bits per heavy atom. The third-order valence-electron chi connectivity index (χ3n) is 2.45. The van der Waals surface area contributed by atoms with Crippen LogP contribution < -0.4 is 5.73 Å². The Labute approximate surface area is 87.3 Å². The smallest absolute Gasteiger partial charge is 0.0432 e. The number of hydrogen-bond donors (Lipinski definition) is 1. The van der Waals surface area contributed by atoms with Crippen molar-refractivity contribution in [2.75, 3.05) is 5.73 Å². The van der Waals surface area contributed by atoms with Crippen molar-refractivity contribution < 1.29 is 0 Å². The normalized spacial score (nSPS) is 12.1. The first-order valence-electron chi connectivity index (χ1n) is 5.14.